The van der Waals surface area contributed by atoms with Crippen molar-refractivity contribution in [1.82, 2.24) is 5.32 Å². The van der Waals surface area contributed by atoms with Gasteiger partial charge >= 0.3 is 5.97 Å². The second-order valence-corrected chi connectivity index (χ2v) is 4.69. The minimum Gasteiger partial charge on any atom is -0.467 e. The van der Waals surface area contributed by atoms with Gasteiger partial charge in [-0.2, -0.15) is 0 Å². The van der Waals surface area contributed by atoms with Crippen LogP contribution in [0.4, 0.5) is 0 Å². The van der Waals surface area contributed by atoms with Crippen molar-refractivity contribution in [3.8, 4) is 0 Å². The first-order valence-electron chi connectivity index (χ1n) is 6.36. The van der Waals surface area contributed by atoms with Crippen molar-refractivity contribution < 1.29 is 18.7 Å². The quantitative estimate of drug-likeness (QED) is 0.830. The summed E-state index contributed by atoms with van der Waals surface area (Å²) in [4.78, 5) is 23.9. The van der Waals surface area contributed by atoms with Gasteiger partial charge < -0.3 is 14.5 Å². The van der Waals surface area contributed by atoms with Crippen LogP contribution in [0.15, 0.2) is 10.5 Å². The van der Waals surface area contributed by atoms with E-state index in [2.05, 4.69) is 5.32 Å². The molecular weight excluding hydrogens is 246 g/mol. The molecule has 0 aromatic carbocycles. The minimum atomic E-state index is -0.642. The van der Waals surface area contributed by atoms with Gasteiger partial charge in [-0.15, -0.1) is 0 Å². The van der Waals surface area contributed by atoms with E-state index in [-0.39, 0.29) is 11.8 Å². The molecule has 1 aromatic rings. The average Bonchev–Trinajstić information content (AvgIpc) is 2.73. The summed E-state index contributed by atoms with van der Waals surface area (Å²) in [5, 5.41) is 2.72. The Kier molecular flexibility index (Phi) is 5.15. The SMILES string of the molecule is CCC(C)C(NC(=O)c1cc(C)oc1C)C(=O)OC. The highest BCUT2D eigenvalue weighted by atomic mass is 16.5. The molecule has 1 aromatic heterocycles. The molecule has 0 bridgehead atoms. The molecule has 0 aliphatic carbocycles. The second kappa shape index (κ2) is 6.41. The Labute approximate surface area is 113 Å². The van der Waals surface area contributed by atoms with E-state index < -0.39 is 12.0 Å². The molecule has 1 rings (SSSR count). The Morgan fingerprint density at radius 3 is 2.47 bits per heavy atom. The molecule has 0 saturated heterocycles. The lowest BCUT2D eigenvalue weighted by Gasteiger charge is -2.21. The van der Waals surface area contributed by atoms with Crippen LogP contribution in [0.3, 0.4) is 0 Å². The molecule has 0 fully saturated rings. The van der Waals surface area contributed by atoms with Gasteiger partial charge in [0.25, 0.3) is 5.91 Å². The zero-order valence-corrected chi connectivity index (χ0v) is 12.1. The van der Waals surface area contributed by atoms with Gasteiger partial charge in [0, 0.05) is 0 Å². The molecule has 5 heteroatoms. The molecule has 0 aliphatic heterocycles. The number of ether oxygens (including phenoxy) is 1. The third kappa shape index (κ3) is 3.59. The standard InChI is InChI=1S/C14H21NO4/c1-6-8(2)12(14(17)18-5)15-13(16)11-7-9(3)19-10(11)4/h7-8,12H,6H2,1-5H3,(H,15,16). The smallest absolute Gasteiger partial charge is 0.328 e. The van der Waals surface area contributed by atoms with Crippen molar-refractivity contribution in [3.63, 3.8) is 0 Å². The van der Waals surface area contributed by atoms with Crippen LogP contribution in [-0.4, -0.2) is 25.0 Å². The van der Waals surface area contributed by atoms with Crippen LogP contribution < -0.4 is 5.32 Å². The average molecular weight is 267 g/mol. The van der Waals surface area contributed by atoms with Gasteiger partial charge in [0.15, 0.2) is 0 Å². The van der Waals surface area contributed by atoms with Crippen molar-refractivity contribution in [3.05, 3.63) is 23.2 Å². The highest BCUT2D eigenvalue weighted by molar-refractivity contribution is 5.97. The first-order chi connectivity index (χ1) is 8.90. The van der Waals surface area contributed by atoms with Gasteiger partial charge in [-0.3, -0.25) is 4.79 Å². The van der Waals surface area contributed by atoms with E-state index in [4.69, 9.17) is 9.15 Å². The summed E-state index contributed by atoms with van der Waals surface area (Å²) in [6, 6.07) is 1.02. The molecule has 19 heavy (non-hydrogen) atoms. The van der Waals surface area contributed by atoms with Crippen LogP contribution in [0.2, 0.25) is 0 Å². The van der Waals surface area contributed by atoms with E-state index in [1.165, 1.54) is 7.11 Å². The van der Waals surface area contributed by atoms with Crippen molar-refractivity contribution in [1.29, 1.82) is 0 Å². The Morgan fingerprint density at radius 2 is 2.05 bits per heavy atom. The molecule has 2 unspecified atom stereocenters. The zero-order chi connectivity index (χ0) is 14.6. The van der Waals surface area contributed by atoms with Crippen LogP contribution in [0.25, 0.3) is 0 Å². The lowest BCUT2D eigenvalue weighted by atomic mass is 9.99. The van der Waals surface area contributed by atoms with Crippen LogP contribution in [0.1, 0.15) is 42.1 Å². The molecular formula is C14H21NO4. The van der Waals surface area contributed by atoms with E-state index in [1.807, 2.05) is 13.8 Å². The van der Waals surface area contributed by atoms with Crippen LogP contribution >= 0.6 is 0 Å². The topological polar surface area (TPSA) is 68.5 Å². The van der Waals surface area contributed by atoms with E-state index >= 15 is 0 Å². The number of nitrogens with one attached hydrogen (secondary N) is 1. The fourth-order valence-corrected chi connectivity index (χ4v) is 1.87. The molecule has 0 spiro atoms. The van der Waals surface area contributed by atoms with Gasteiger partial charge in [-0.1, -0.05) is 20.3 Å². The van der Waals surface area contributed by atoms with Gasteiger partial charge in [-0.25, -0.2) is 4.79 Å². The Morgan fingerprint density at radius 1 is 1.42 bits per heavy atom. The fourth-order valence-electron chi connectivity index (χ4n) is 1.87. The lowest BCUT2D eigenvalue weighted by Crippen LogP contribution is -2.45. The predicted molar refractivity (Wildman–Crippen MR) is 70.9 cm³/mol. The molecule has 5 nitrogen and oxygen atoms in total. The third-order valence-electron chi connectivity index (χ3n) is 3.24. The van der Waals surface area contributed by atoms with Crippen LogP contribution in [-0.2, 0) is 9.53 Å². The number of aryl methyl sites for hydroxylation is 2. The molecule has 1 heterocycles. The van der Waals surface area contributed by atoms with Crippen LogP contribution in [0.5, 0.6) is 0 Å². The normalized spacial score (nSPS) is 13.7. The van der Waals surface area contributed by atoms with Gasteiger partial charge in [0.05, 0.1) is 12.7 Å². The summed E-state index contributed by atoms with van der Waals surface area (Å²) in [5.41, 5.74) is 0.453. The first-order valence-corrected chi connectivity index (χ1v) is 6.36. The molecule has 106 valence electrons. The molecule has 1 amide bonds. The highest BCUT2D eigenvalue weighted by Crippen LogP contribution is 2.15. The second-order valence-electron chi connectivity index (χ2n) is 4.69. The predicted octanol–water partition coefficient (Wildman–Crippen LogP) is 2.21. The number of esters is 1. The van der Waals surface area contributed by atoms with E-state index in [0.29, 0.717) is 17.1 Å². The van der Waals surface area contributed by atoms with Crippen molar-refractivity contribution in [2.45, 2.75) is 40.2 Å². The Balaban J connectivity index is 2.87. The number of hydrogen-bond donors (Lipinski definition) is 1. The number of methoxy groups -OCH3 is 1. The van der Waals surface area contributed by atoms with E-state index in [9.17, 15) is 9.59 Å². The summed E-state index contributed by atoms with van der Waals surface area (Å²) in [6.45, 7) is 7.35. The first kappa shape index (κ1) is 15.3. The number of carbonyl (C=O) groups is 2. The van der Waals surface area contributed by atoms with E-state index in [0.717, 1.165) is 6.42 Å². The van der Waals surface area contributed by atoms with Crippen molar-refractivity contribution in [2.24, 2.45) is 5.92 Å². The summed E-state index contributed by atoms with van der Waals surface area (Å²) < 4.78 is 10.0. The van der Waals surface area contributed by atoms with Crippen molar-refractivity contribution >= 4 is 11.9 Å². The van der Waals surface area contributed by atoms with E-state index in [1.54, 1.807) is 19.9 Å². The number of carbonyl (C=O) groups excluding carboxylic acids is 2. The monoisotopic (exact) mass is 267 g/mol. The molecule has 0 radical (unpaired) electrons. The lowest BCUT2D eigenvalue weighted by molar-refractivity contribution is -0.144. The third-order valence-corrected chi connectivity index (χ3v) is 3.24. The maximum atomic E-state index is 12.2. The number of furan rings is 1. The summed E-state index contributed by atoms with van der Waals surface area (Å²) in [5.74, 6) is 0.471. The highest BCUT2D eigenvalue weighted by Gasteiger charge is 2.28. The summed E-state index contributed by atoms with van der Waals surface area (Å²) in [7, 11) is 1.32. The van der Waals surface area contributed by atoms with Crippen LogP contribution in [0, 0.1) is 19.8 Å². The van der Waals surface area contributed by atoms with Gasteiger partial charge in [-0.05, 0) is 25.8 Å². The minimum absolute atomic E-state index is 0.00436. The molecule has 1 N–H and O–H groups in total. The maximum Gasteiger partial charge on any atom is 0.328 e. The summed E-state index contributed by atoms with van der Waals surface area (Å²) in [6.07, 6.45) is 0.767. The fraction of sp³-hybridized carbons (Fsp3) is 0.571. The number of hydrogen-bond acceptors (Lipinski definition) is 4. The Hall–Kier alpha value is -1.78. The Bertz CT molecular complexity index is 464. The molecule has 0 aliphatic rings. The van der Waals surface area contributed by atoms with Crippen molar-refractivity contribution in [2.75, 3.05) is 7.11 Å². The number of amides is 1. The van der Waals surface area contributed by atoms with Gasteiger partial charge in [0.1, 0.15) is 17.6 Å². The largest absolute Gasteiger partial charge is 0.467 e. The summed E-state index contributed by atoms with van der Waals surface area (Å²) >= 11 is 0. The maximum absolute atomic E-state index is 12.2. The zero-order valence-electron chi connectivity index (χ0n) is 12.1. The van der Waals surface area contributed by atoms with Gasteiger partial charge in [0.2, 0.25) is 0 Å². The number of rotatable bonds is 5. The molecule has 2 atom stereocenters. The molecule has 0 saturated carbocycles.